The number of nitrogens with two attached hydrogens (primary N) is 3. The Kier molecular flexibility index (Phi) is 39.8. The summed E-state index contributed by atoms with van der Waals surface area (Å²) in [5.74, 6) is -17.6. The third-order valence-electron chi connectivity index (χ3n) is 23.9. The smallest absolute Gasteiger partial charge is 0.246 e. The van der Waals surface area contributed by atoms with Gasteiger partial charge in [0.05, 0.1) is 43.1 Å². The molecule has 0 bridgehead atoms. The number of guanidine groups is 1. The summed E-state index contributed by atoms with van der Waals surface area (Å²) in [6.07, 6.45) is 1.40. The number of nitrogens with one attached hydrogen (secondary N) is 14. The normalized spacial score (nSPS) is 24.9. The van der Waals surface area contributed by atoms with Crippen LogP contribution in [0.2, 0.25) is 0 Å². The summed E-state index contributed by atoms with van der Waals surface area (Å²) in [5, 5.41) is 70.3. The Morgan fingerprint density at radius 2 is 1.08 bits per heavy atom. The first kappa shape index (κ1) is 105. The topological polar surface area (TPSA) is 636 Å². The summed E-state index contributed by atoms with van der Waals surface area (Å²) in [5.41, 5.74) is 19.7. The van der Waals surface area contributed by atoms with E-state index >= 15 is 33.6 Å². The Bertz CT molecular complexity index is 5060. The minimum atomic E-state index is -1.88. The highest BCUT2D eigenvalue weighted by molar-refractivity contribution is 8.00. The van der Waals surface area contributed by atoms with Gasteiger partial charge in [0.1, 0.15) is 84.6 Å². The van der Waals surface area contributed by atoms with E-state index in [0.717, 1.165) is 36.3 Å². The van der Waals surface area contributed by atoms with Gasteiger partial charge in [-0.15, -0.1) is 11.8 Å². The molecule has 3 aliphatic heterocycles. The lowest BCUT2D eigenvalue weighted by molar-refractivity contribution is -0.149. The molecule has 17 amide bonds. The number of aromatic nitrogens is 2. The molecule has 3 fully saturated rings. The molecule has 0 aliphatic carbocycles. The maximum atomic E-state index is 15.7. The van der Waals surface area contributed by atoms with Crippen molar-refractivity contribution in [1.82, 2.24) is 93.0 Å². The third-order valence-corrected chi connectivity index (χ3v) is 24.9. The van der Waals surface area contributed by atoms with E-state index < -0.39 is 235 Å². The van der Waals surface area contributed by atoms with Crippen LogP contribution in [-0.2, 0) is 101 Å². The number of aromatic amines is 2. The molecule has 2 aromatic heterocycles. The number of thioether (sulfide) groups is 1. The summed E-state index contributed by atoms with van der Waals surface area (Å²) >= 11 is 0.764. The Morgan fingerprint density at radius 3 is 1.68 bits per heavy atom. The van der Waals surface area contributed by atoms with Crippen LogP contribution in [0.25, 0.3) is 21.8 Å². The Hall–Kier alpha value is -13.2. The zero-order chi connectivity index (χ0) is 97.6. The molecule has 0 saturated carbocycles. The van der Waals surface area contributed by atoms with Crippen LogP contribution in [0.15, 0.2) is 85.2 Å². The minimum Gasteiger partial charge on any atom is -0.394 e. The molecule has 42 nitrogen and oxygen atoms in total. The van der Waals surface area contributed by atoms with E-state index in [-0.39, 0.29) is 102 Å². The van der Waals surface area contributed by atoms with Crippen LogP contribution in [-0.4, -0.2) is 307 Å². The molecule has 722 valence electrons. The monoisotopic (exact) mass is 1870 g/mol. The van der Waals surface area contributed by atoms with E-state index in [9.17, 15) is 63.4 Å². The van der Waals surface area contributed by atoms with Crippen LogP contribution in [0.1, 0.15) is 154 Å². The lowest BCUT2D eigenvalue weighted by atomic mass is 10.00. The van der Waals surface area contributed by atoms with Crippen molar-refractivity contribution in [3.05, 3.63) is 107 Å². The number of unbranched alkanes of at least 4 members (excludes halogenated alkanes) is 2. The van der Waals surface area contributed by atoms with Crippen molar-refractivity contribution in [2.75, 3.05) is 65.4 Å². The van der Waals surface area contributed by atoms with Crippen molar-refractivity contribution in [3.63, 3.8) is 0 Å². The van der Waals surface area contributed by atoms with Gasteiger partial charge >= 0.3 is 0 Å². The predicted molar refractivity (Wildman–Crippen MR) is 491 cm³/mol. The van der Waals surface area contributed by atoms with Gasteiger partial charge in [-0.3, -0.25) is 86.9 Å². The maximum absolute atomic E-state index is 15.7. The minimum absolute atomic E-state index is 0.00873. The molecule has 22 N–H and O–H groups in total. The zero-order valence-electron chi connectivity index (χ0n) is 76.4. The summed E-state index contributed by atoms with van der Waals surface area (Å²) in [7, 11) is 3.91. The van der Waals surface area contributed by atoms with Crippen LogP contribution < -0.4 is 75.7 Å². The van der Waals surface area contributed by atoms with Gasteiger partial charge in [-0.1, -0.05) is 109 Å². The van der Waals surface area contributed by atoms with E-state index in [1.54, 1.807) is 81.7 Å². The van der Waals surface area contributed by atoms with Crippen LogP contribution in [0.5, 0.6) is 0 Å². The molecule has 5 aromatic rings. The summed E-state index contributed by atoms with van der Waals surface area (Å²) in [4.78, 5) is 261. The van der Waals surface area contributed by atoms with Gasteiger partial charge in [-0.25, -0.2) is 0 Å². The number of benzene rings is 3. The molecular weight excluding hydrogens is 1740 g/mol. The van der Waals surface area contributed by atoms with Gasteiger partial charge in [-0.05, 0) is 105 Å². The van der Waals surface area contributed by atoms with E-state index in [4.69, 9.17) is 22.6 Å². The molecule has 8 rings (SSSR count). The Balaban J connectivity index is 1.19. The number of hydrogen-bond acceptors (Lipinski definition) is 22. The first-order valence-electron chi connectivity index (χ1n) is 44.8. The fourth-order valence-electron chi connectivity index (χ4n) is 16.4. The SMILES string of the molecule is CCCC[C@H]1C(=O)N(C)[C@@H](CCCC)C(=O)N[C@@H](CCCNC(=N)N)C(=O)N[C@H](C(=O)NCC(N)=O)CSCC(=O)N[C@@H](Cc2ccc(C#N)cc2)C(=O)N(C)[C@@H](C)C(=O)NC(CC(N)=O)C(=O)N2CCC[C@H]2C(=O)N[C@@H](CC)C(=O)NC(CC(C)C)C(=O)N2C[C@H](O)CC2C(=O)N[C@@H](Cc2c[nH]c3ccccc23)C(=O)N[C@@H](CO)C(=O)N[C@@H](Cc2c[nH]c3ccccc23)C(=O)N1C. The number of primary amides is 2. The number of para-hydroxylation sites is 2. The number of amides is 17. The number of fused-ring (bicyclic) bond motifs is 4. The number of hydrogen-bond donors (Lipinski definition) is 19. The highest BCUT2D eigenvalue weighted by Gasteiger charge is 2.47. The average Bonchev–Trinajstić information content (AvgIpc) is 1.78. The number of nitriles is 1. The van der Waals surface area contributed by atoms with E-state index in [0.29, 0.717) is 64.2 Å². The standard InChI is InChI=1S/C90H127N23O19S/c1-10-13-26-69-82(125)102-61(25-19-33-96-90(94)95)79(122)108-68(77(120)99-44-74(93)117)47-133-48-75(118)100-64(36-51-29-31-52(41-91)32-30-51)85(128)109(7)50(6)76(119)104-66(40-73(92)116)87(130)112-34-20-28-70(112)83(126)101-58(12-3)78(121)105-63(35-49(4)5)88(131)113-45-55(115)39-72(113)84(127)103-62(37-53-42-97-59-23-17-15-21-56(53)59)80(123)107-67(46-114)81(124)106-65(38-54-43-98-60-24-18-16-22-57(54)60)86(129)111(9)71(27-14-11-2)89(132)110(69)8/h15-18,21-24,29-32,42-43,49-50,55,58,61-72,97-98,114-115H,10-14,19-20,25-28,33-40,44-48H2,1-9H3,(H2,92,116)(H2,93,117)(H,99,120)(H,100,118)(H,101,126)(H,102,125)(H,103,127)(H,104,119)(H,105,121)(H,106,124)(H,107,123)(H,108,122)(H4,94,95,96)/t50-,55+,58-,61-,62-,63?,64-,65-,66?,67-,68-,69-,70-,71-,72?/m0/s1. The van der Waals surface area contributed by atoms with Crippen LogP contribution in [0, 0.1) is 22.7 Å². The van der Waals surface area contributed by atoms with Crippen molar-refractivity contribution < 1.29 is 91.7 Å². The van der Waals surface area contributed by atoms with Gasteiger partial charge < -0.3 is 120 Å². The molecule has 43 heteroatoms. The fourth-order valence-corrected chi connectivity index (χ4v) is 17.3. The number of aliphatic hydroxyl groups excluding tert-OH is 2. The van der Waals surface area contributed by atoms with Gasteiger partial charge in [0.15, 0.2) is 5.96 Å². The fraction of sp³-hybridized carbons (Fsp3) is 0.544. The largest absolute Gasteiger partial charge is 0.394 e. The number of H-pyrrole nitrogens is 2. The number of carbonyl (C=O) groups excluding carboxylic acids is 17. The number of likely N-dealkylation sites (N-methyl/N-ethyl adjacent to an activating group) is 3. The number of carbonyl (C=O) groups is 17. The second-order valence-electron chi connectivity index (χ2n) is 34.2. The summed E-state index contributed by atoms with van der Waals surface area (Å²) < 4.78 is 0. The second kappa shape index (κ2) is 50.4. The molecule has 3 unspecified atom stereocenters. The van der Waals surface area contributed by atoms with Crippen molar-refractivity contribution in [2.24, 2.45) is 23.1 Å². The molecule has 3 saturated heterocycles. The Morgan fingerprint density at radius 1 is 0.556 bits per heavy atom. The first-order valence-corrected chi connectivity index (χ1v) is 46.0. The third kappa shape index (κ3) is 29.4. The predicted octanol–water partition coefficient (Wildman–Crippen LogP) is -2.32. The molecular formula is C90H127N23O19S. The van der Waals surface area contributed by atoms with Gasteiger partial charge in [0, 0.05) is 106 Å². The van der Waals surface area contributed by atoms with Crippen molar-refractivity contribution >= 4 is 140 Å². The quantitative estimate of drug-likeness (QED) is 0.0166. The van der Waals surface area contributed by atoms with Crippen molar-refractivity contribution in [1.29, 1.82) is 10.7 Å². The molecule has 0 radical (unpaired) electrons. The summed E-state index contributed by atoms with van der Waals surface area (Å²) in [6, 6.07) is 0.582. The van der Waals surface area contributed by atoms with E-state index in [2.05, 4.69) is 68.5 Å². The van der Waals surface area contributed by atoms with E-state index in [1.165, 1.54) is 52.3 Å². The molecule has 0 spiro atoms. The van der Waals surface area contributed by atoms with Crippen LogP contribution in [0.3, 0.4) is 0 Å². The molecule has 3 aromatic carbocycles. The lowest BCUT2D eigenvalue weighted by Crippen LogP contribution is -2.61. The van der Waals surface area contributed by atoms with Crippen LogP contribution in [0.4, 0.5) is 0 Å². The summed E-state index contributed by atoms with van der Waals surface area (Å²) in [6.45, 7) is 7.66. The van der Waals surface area contributed by atoms with Crippen LogP contribution >= 0.6 is 11.8 Å². The molecule has 5 heterocycles. The maximum Gasteiger partial charge on any atom is 0.246 e. The van der Waals surface area contributed by atoms with Gasteiger partial charge in [0.25, 0.3) is 0 Å². The van der Waals surface area contributed by atoms with Crippen molar-refractivity contribution in [2.45, 2.75) is 241 Å². The van der Waals surface area contributed by atoms with Gasteiger partial charge in [0.2, 0.25) is 100 Å². The number of nitrogens with zero attached hydrogens (tertiary/aromatic N) is 6. The highest BCUT2D eigenvalue weighted by atomic mass is 32.2. The Labute approximate surface area is 775 Å². The highest BCUT2D eigenvalue weighted by Crippen LogP contribution is 2.28. The molecule has 133 heavy (non-hydrogen) atoms. The van der Waals surface area contributed by atoms with Gasteiger partial charge in [-0.2, -0.15) is 5.26 Å². The lowest BCUT2D eigenvalue weighted by Gasteiger charge is -2.36. The average molecular weight is 1870 g/mol. The number of aliphatic hydroxyl groups is 2. The van der Waals surface area contributed by atoms with E-state index in [1.807, 2.05) is 19.9 Å². The second-order valence-corrected chi connectivity index (χ2v) is 35.3. The first-order chi connectivity index (χ1) is 63.3. The molecule has 15 atom stereocenters. The van der Waals surface area contributed by atoms with Crippen molar-refractivity contribution in [3.8, 4) is 6.07 Å². The number of rotatable bonds is 25. The molecule has 3 aliphatic rings. The zero-order valence-corrected chi connectivity index (χ0v) is 77.3.